The van der Waals surface area contributed by atoms with Crippen LogP contribution in [0.15, 0.2) is 24.3 Å². The van der Waals surface area contributed by atoms with E-state index in [0.29, 0.717) is 19.8 Å². The molecule has 1 saturated heterocycles. The standard InChI is InChI=1S/C14H20N2O3.ClH/c1-16(14(17)13-10-19-7-6-15-13)9-11-4-3-5-12(8-11)18-2;/h3-5,8,13,15H,6-7,9-10H2,1-2H3;1H. The summed E-state index contributed by atoms with van der Waals surface area (Å²) >= 11 is 0. The summed E-state index contributed by atoms with van der Waals surface area (Å²) in [5.74, 6) is 0.861. The average Bonchev–Trinajstić information content (AvgIpc) is 2.47. The fraction of sp³-hybridized carbons (Fsp3) is 0.500. The van der Waals surface area contributed by atoms with E-state index >= 15 is 0 Å². The molecule has 5 nitrogen and oxygen atoms in total. The Kier molecular flexibility index (Phi) is 6.78. The van der Waals surface area contributed by atoms with E-state index in [4.69, 9.17) is 9.47 Å². The predicted octanol–water partition coefficient (Wildman–Crippen LogP) is 1.06. The highest BCUT2D eigenvalue weighted by atomic mass is 35.5. The summed E-state index contributed by atoms with van der Waals surface area (Å²) in [5, 5.41) is 3.17. The van der Waals surface area contributed by atoms with Crippen molar-refractivity contribution in [2.24, 2.45) is 0 Å². The van der Waals surface area contributed by atoms with Crippen LogP contribution in [0.1, 0.15) is 5.56 Å². The molecule has 1 fully saturated rings. The highest BCUT2D eigenvalue weighted by Crippen LogP contribution is 2.14. The lowest BCUT2D eigenvalue weighted by atomic mass is 10.2. The van der Waals surface area contributed by atoms with Crippen LogP contribution < -0.4 is 10.1 Å². The van der Waals surface area contributed by atoms with Crippen molar-refractivity contribution in [3.63, 3.8) is 0 Å². The number of benzene rings is 1. The van der Waals surface area contributed by atoms with Crippen LogP contribution in [0, 0.1) is 0 Å². The van der Waals surface area contributed by atoms with Crippen LogP contribution in [0.2, 0.25) is 0 Å². The van der Waals surface area contributed by atoms with E-state index in [0.717, 1.165) is 17.9 Å². The lowest BCUT2D eigenvalue weighted by molar-refractivity contribution is -0.135. The number of nitrogens with zero attached hydrogens (tertiary/aromatic N) is 1. The lowest BCUT2D eigenvalue weighted by Crippen LogP contribution is -2.51. The summed E-state index contributed by atoms with van der Waals surface area (Å²) in [6, 6.07) is 7.51. The Bertz CT molecular complexity index is 436. The average molecular weight is 301 g/mol. The zero-order chi connectivity index (χ0) is 13.7. The number of ether oxygens (including phenoxy) is 2. The summed E-state index contributed by atoms with van der Waals surface area (Å²) in [6.07, 6.45) is 0. The molecule has 0 aliphatic carbocycles. The number of hydrogen-bond donors (Lipinski definition) is 1. The van der Waals surface area contributed by atoms with Crippen LogP contribution in [-0.4, -0.2) is 50.8 Å². The van der Waals surface area contributed by atoms with Gasteiger partial charge in [-0.15, -0.1) is 12.4 Å². The summed E-state index contributed by atoms with van der Waals surface area (Å²) in [7, 11) is 3.44. The number of amides is 1. The second kappa shape index (κ2) is 8.09. The van der Waals surface area contributed by atoms with Gasteiger partial charge in [-0.3, -0.25) is 4.79 Å². The number of carbonyl (C=O) groups excluding carboxylic acids is 1. The van der Waals surface area contributed by atoms with Crippen molar-refractivity contribution in [1.82, 2.24) is 10.2 Å². The van der Waals surface area contributed by atoms with E-state index in [1.807, 2.05) is 24.3 Å². The quantitative estimate of drug-likeness (QED) is 0.903. The second-order valence-electron chi connectivity index (χ2n) is 4.63. The van der Waals surface area contributed by atoms with E-state index in [2.05, 4.69) is 5.32 Å². The fourth-order valence-corrected chi connectivity index (χ4v) is 2.11. The highest BCUT2D eigenvalue weighted by Gasteiger charge is 2.24. The Labute approximate surface area is 125 Å². The first kappa shape index (κ1) is 16.8. The van der Waals surface area contributed by atoms with Gasteiger partial charge in [0.1, 0.15) is 11.8 Å². The number of nitrogens with one attached hydrogen (secondary N) is 1. The minimum atomic E-state index is -0.232. The van der Waals surface area contributed by atoms with E-state index in [-0.39, 0.29) is 24.4 Å². The maximum atomic E-state index is 12.2. The topological polar surface area (TPSA) is 50.8 Å². The Hall–Kier alpha value is -1.30. The van der Waals surface area contributed by atoms with Crippen LogP contribution in [0.25, 0.3) is 0 Å². The smallest absolute Gasteiger partial charge is 0.242 e. The van der Waals surface area contributed by atoms with E-state index in [9.17, 15) is 4.79 Å². The third-order valence-corrected chi connectivity index (χ3v) is 3.15. The molecule has 0 spiro atoms. The second-order valence-corrected chi connectivity index (χ2v) is 4.63. The molecule has 1 unspecified atom stereocenters. The molecular formula is C14H21ClN2O3. The zero-order valence-corrected chi connectivity index (χ0v) is 12.6. The van der Waals surface area contributed by atoms with Gasteiger partial charge >= 0.3 is 0 Å². The molecule has 1 aromatic rings. The van der Waals surface area contributed by atoms with Crippen molar-refractivity contribution in [2.75, 3.05) is 33.9 Å². The first-order valence-corrected chi connectivity index (χ1v) is 6.39. The van der Waals surface area contributed by atoms with Crippen LogP contribution >= 0.6 is 12.4 Å². The fourth-order valence-electron chi connectivity index (χ4n) is 2.11. The molecule has 20 heavy (non-hydrogen) atoms. The van der Waals surface area contributed by atoms with Crippen molar-refractivity contribution in [3.05, 3.63) is 29.8 Å². The van der Waals surface area contributed by atoms with Crippen LogP contribution in [0.3, 0.4) is 0 Å². The maximum absolute atomic E-state index is 12.2. The van der Waals surface area contributed by atoms with Gasteiger partial charge in [0, 0.05) is 20.1 Å². The van der Waals surface area contributed by atoms with Gasteiger partial charge in [0.05, 0.1) is 20.3 Å². The zero-order valence-electron chi connectivity index (χ0n) is 11.8. The normalized spacial score (nSPS) is 18.0. The van der Waals surface area contributed by atoms with Gasteiger partial charge in [-0.1, -0.05) is 12.1 Å². The number of carbonyl (C=O) groups is 1. The Morgan fingerprint density at radius 3 is 3.00 bits per heavy atom. The number of likely N-dealkylation sites (N-methyl/N-ethyl adjacent to an activating group) is 1. The molecule has 1 heterocycles. The molecule has 1 N–H and O–H groups in total. The molecule has 0 aromatic heterocycles. The third-order valence-electron chi connectivity index (χ3n) is 3.15. The maximum Gasteiger partial charge on any atom is 0.242 e. The minimum absolute atomic E-state index is 0. The Morgan fingerprint density at radius 2 is 2.35 bits per heavy atom. The summed E-state index contributed by atoms with van der Waals surface area (Å²) in [4.78, 5) is 13.9. The number of halogens is 1. The van der Waals surface area contributed by atoms with Gasteiger partial charge < -0.3 is 19.7 Å². The van der Waals surface area contributed by atoms with Gasteiger partial charge in [0.15, 0.2) is 0 Å². The van der Waals surface area contributed by atoms with Gasteiger partial charge in [0.25, 0.3) is 0 Å². The molecule has 1 aromatic carbocycles. The number of hydrogen-bond acceptors (Lipinski definition) is 4. The van der Waals surface area contributed by atoms with Crippen molar-refractivity contribution >= 4 is 18.3 Å². The lowest BCUT2D eigenvalue weighted by Gasteiger charge is -2.27. The molecule has 1 aliphatic rings. The van der Waals surface area contributed by atoms with E-state index in [1.54, 1.807) is 19.1 Å². The van der Waals surface area contributed by atoms with Crippen LogP contribution in [0.5, 0.6) is 5.75 Å². The summed E-state index contributed by atoms with van der Waals surface area (Å²) < 4.78 is 10.5. The van der Waals surface area contributed by atoms with Gasteiger partial charge in [-0.05, 0) is 17.7 Å². The Balaban J connectivity index is 0.00000200. The highest BCUT2D eigenvalue weighted by molar-refractivity contribution is 5.85. The van der Waals surface area contributed by atoms with Crippen molar-refractivity contribution < 1.29 is 14.3 Å². The number of methoxy groups -OCH3 is 1. The van der Waals surface area contributed by atoms with Crippen LogP contribution in [0.4, 0.5) is 0 Å². The van der Waals surface area contributed by atoms with Gasteiger partial charge in [-0.25, -0.2) is 0 Å². The molecule has 0 bridgehead atoms. The number of rotatable bonds is 4. The largest absolute Gasteiger partial charge is 0.497 e. The molecule has 1 aliphatic heterocycles. The van der Waals surface area contributed by atoms with Crippen molar-refractivity contribution in [3.8, 4) is 5.75 Å². The molecular weight excluding hydrogens is 280 g/mol. The molecule has 112 valence electrons. The molecule has 0 radical (unpaired) electrons. The van der Waals surface area contributed by atoms with Crippen molar-refractivity contribution in [1.29, 1.82) is 0 Å². The molecule has 2 rings (SSSR count). The molecule has 0 saturated carbocycles. The monoisotopic (exact) mass is 300 g/mol. The minimum Gasteiger partial charge on any atom is -0.497 e. The molecule has 6 heteroatoms. The first-order valence-electron chi connectivity index (χ1n) is 6.39. The van der Waals surface area contributed by atoms with Crippen LogP contribution in [-0.2, 0) is 16.1 Å². The third kappa shape index (κ3) is 4.37. The molecule has 1 amide bonds. The summed E-state index contributed by atoms with van der Waals surface area (Å²) in [5.41, 5.74) is 1.05. The SMILES string of the molecule is COc1cccc(CN(C)C(=O)C2COCCN2)c1.Cl. The predicted molar refractivity (Wildman–Crippen MR) is 79.3 cm³/mol. The van der Waals surface area contributed by atoms with Crippen molar-refractivity contribution in [2.45, 2.75) is 12.6 Å². The Morgan fingerprint density at radius 1 is 1.55 bits per heavy atom. The van der Waals surface area contributed by atoms with E-state index in [1.165, 1.54) is 0 Å². The number of morpholine rings is 1. The van der Waals surface area contributed by atoms with Gasteiger partial charge in [0.2, 0.25) is 5.91 Å². The first-order chi connectivity index (χ1) is 9.20. The summed E-state index contributed by atoms with van der Waals surface area (Å²) in [6.45, 7) is 2.41. The van der Waals surface area contributed by atoms with Gasteiger partial charge in [-0.2, -0.15) is 0 Å². The molecule has 1 atom stereocenters. The van der Waals surface area contributed by atoms with E-state index < -0.39 is 0 Å².